The van der Waals surface area contributed by atoms with Gasteiger partial charge in [0.05, 0.1) is 5.75 Å². The molecule has 0 saturated carbocycles. The van der Waals surface area contributed by atoms with Crippen LogP contribution < -0.4 is 5.32 Å². The van der Waals surface area contributed by atoms with Crippen LogP contribution in [0.1, 0.15) is 38.3 Å². The standard InChI is InChI=1S/C23H28ClFN2O2S/c1-4-16(2)26-23(29)17(3)27(13-19-7-5-6-8-21(19)24)22(28)15-30-14-18-9-11-20(25)12-10-18/h5-12,16-17H,4,13-15H2,1-3H3,(H,26,29)/t16-,17-/m1/s1. The van der Waals surface area contributed by atoms with Gasteiger partial charge < -0.3 is 10.2 Å². The Morgan fingerprint density at radius 2 is 1.80 bits per heavy atom. The van der Waals surface area contributed by atoms with Gasteiger partial charge in [0.2, 0.25) is 11.8 Å². The van der Waals surface area contributed by atoms with Gasteiger partial charge in [0.1, 0.15) is 11.9 Å². The maximum absolute atomic E-state index is 13.0. The first-order chi connectivity index (χ1) is 14.3. The second kappa shape index (κ2) is 12.0. The molecule has 2 aromatic carbocycles. The number of amides is 2. The summed E-state index contributed by atoms with van der Waals surface area (Å²) in [7, 11) is 0. The van der Waals surface area contributed by atoms with E-state index in [9.17, 15) is 14.0 Å². The van der Waals surface area contributed by atoms with Crippen molar-refractivity contribution in [3.63, 3.8) is 0 Å². The molecule has 0 saturated heterocycles. The van der Waals surface area contributed by atoms with Crippen LogP contribution in [0.15, 0.2) is 48.5 Å². The normalized spacial score (nSPS) is 12.8. The maximum atomic E-state index is 13.0. The lowest BCUT2D eigenvalue weighted by Crippen LogP contribution is -2.50. The van der Waals surface area contributed by atoms with Crippen molar-refractivity contribution < 1.29 is 14.0 Å². The highest BCUT2D eigenvalue weighted by atomic mass is 35.5. The van der Waals surface area contributed by atoms with E-state index >= 15 is 0 Å². The Kier molecular flexibility index (Phi) is 9.66. The van der Waals surface area contributed by atoms with Gasteiger partial charge in [0.25, 0.3) is 0 Å². The van der Waals surface area contributed by atoms with E-state index in [-0.39, 0.29) is 36.0 Å². The summed E-state index contributed by atoms with van der Waals surface area (Å²) in [5.74, 6) is 0.177. The quantitative estimate of drug-likeness (QED) is 0.551. The Labute approximate surface area is 187 Å². The SMILES string of the molecule is CC[C@@H](C)NC(=O)[C@@H](C)N(Cc1ccccc1Cl)C(=O)CSCc1ccc(F)cc1. The molecule has 0 bridgehead atoms. The molecule has 0 aliphatic rings. The molecule has 2 amide bonds. The molecule has 0 spiro atoms. The van der Waals surface area contributed by atoms with Gasteiger partial charge in [-0.3, -0.25) is 9.59 Å². The molecule has 0 radical (unpaired) electrons. The summed E-state index contributed by atoms with van der Waals surface area (Å²) in [5, 5.41) is 3.50. The number of thioether (sulfide) groups is 1. The van der Waals surface area contributed by atoms with E-state index in [1.54, 1.807) is 30.0 Å². The van der Waals surface area contributed by atoms with E-state index in [0.29, 0.717) is 10.8 Å². The lowest BCUT2D eigenvalue weighted by atomic mass is 10.1. The summed E-state index contributed by atoms with van der Waals surface area (Å²) >= 11 is 7.72. The van der Waals surface area contributed by atoms with Gasteiger partial charge in [0, 0.05) is 23.4 Å². The summed E-state index contributed by atoms with van der Waals surface area (Å²) in [6.07, 6.45) is 0.810. The van der Waals surface area contributed by atoms with E-state index in [1.165, 1.54) is 23.9 Å². The van der Waals surface area contributed by atoms with Gasteiger partial charge in [-0.05, 0) is 49.6 Å². The third kappa shape index (κ3) is 7.33. The molecular formula is C23H28ClFN2O2S. The second-order valence-electron chi connectivity index (χ2n) is 7.23. The Morgan fingerprint density at radius 3 is 2.43 bits per heavy atom. The molecule has 0 aliphatic carbocycles. The van der Waals surface area contributed by atoms with Crippen molar-refractivity contribution in [3.05, 3.63) is 70.5 Å². The minimum absolute atomic E-state index is 0.0325. The number of hydrogen-bond acceptors (Lipinski definition) is 3. The molecule has 7 heteroatoms. The zero-order chi connectivity index (χ0) is 22.1. The Morgan fingerprint density at radius 1 is 1.13 bits per heavy atom. The van der Waals surface area contributed by atoms with E-state index in [4.69, 9.17) is 11.6 Å². The third-order valence-electron chi connectivity index (χ3n) is 4.87. The van der Waals surface area contributed by atoms with Crippen LogP contribution in [-0.2, 0) is 21.9 Å². The number of carbonyl (C=O) groups excluding carboxylic acids is 2. The number of hydrogen-bond donors (Lipinski definition) is 1. The predicted molar refractivity (Wildman–Crippen MR) is 122 cm³/mol. The van der Waals surface area contributed by atoms with Crippen molar-refractivity contribution in [2.75, 3.05) is 5.75 Å². The molecule has 2 aromatic rings. The van der Waals surface area contributed by atoms with Crippen molar-refractivity contribution >= 4 is 35.2 Å². The minimum Gasteiger partial charge on any atom is -0.352 e. The van der Waals surface area contributed by atoms with Crippen LogP contribution in [0.2, 0.25) is 5.02 Å². The summed E-state index contributed by atoms with van der Waals surface area (Å²) in [5.41, 5.74) is 1.73. The van der Waals surface area contributed by atoms with Crippen molar-refractivity contribution in [1.29, 1.82) is 0 Å². The van der Waals surface area contributed by atoms with Gasteiger partial charge in [-0.25, -0.2) is 4.39 Å². The largest absolute Gasteiger partial charge is 0.352 e. The molecule has 0 aromatic heterocycles. The fourth-order valence-electron chi connectivity index (χ4n) is 2.78. The number of benzene rings is 2. The van der Waals surface area contributed by atoms with Crippen LogP contribution in [0.25, 0.3) is 0 Å². The molecule has 2 rings (SSSR count). The van der Waals surface area contributed by atoms with Crippen molar-refractivity contribution in [2.24, 2.45) is 0 Å². The van der Waals surface area contributed by atoms with Gasteiger partial charge in [-0.1, -0.05) is 48.9 Å². The van der Waals surface area contributed by atoms with Crippen LogP contribution >= 0.6 is 23.4 Å². The lowest BCUT2D eigenvalue weighted by molar-refractivity contribution is -0.138. The lowest BCUT2D eigenvalue weighted by Gasteiger charge is -2.30. The fraction of sp³-hybridized carbons (Fsp3) is 0.391. The number of rotatable bonds is 10. The first-order valence-corrected chi connectivity index (χ1v) is 11.5. The first-order valence-electron chi connectivity index (χ1n) is 9.97. The molecule has 0 unspecified atom stereocenters. The number of halogens is 2. The molecule has 0 aliphatic heterocycles. The number of nitrogens with zero attached hydrogens (tertiary/aromatic N) is 1. The molecule has 1 N–H and O–H groups in total. The van der Waals surface area contributed by atoms with Gasteiger partial charge in [-0.15, -0.1) is 11.8 Å². The monoisotopic (exact) mass is 450 g/mol. The third-order valence-corrected chi connectivity index (χ3v) is 6.23. The maximum Gasteiger partial charge on any atom is 0.242 e. The topological polar surface area (TPSA) is 49.4 Å². The minimum atomic E-state index is -0.630. The van der Waals surface area contributed by atoms with Crippen molar-refractivity contribution in [3.8, 4) is 0 Å². The van der Waals surface area contributed by atoms with E-state index < -0.39 is 6.04 Å². The van der Waals surface area contributed by atoms with Crippen LogP contribution in [-0.4, -0.2) is 34.6 Å². The Balaban J connectivity index is 2.08. The second-order valence-corrected chi connectivity index (χ2v) is 8.62. The van der Waals surface area contributed by atoms with E-state index in [2.05, 4.69) is 5.32 Å². The summed E-state index contributed by atoms with van der Waals surface area (Å²) in [6.45, 7) is 5.92. The van der Waals surface area contributed by atoms with Gasteiger partial charge in [-0.2, -0.15) is 0 Å². The van der Waals surface area contributed by atoms with Crippen LogP contribution in [0, 0.1) is 5.82 Å². The molecule has 162 valence electrons. The zero-order valence-corrected chi connectivity index (χ0v) is 19.1. The predicted octanol–water partition coefficient (Wildman–Crippen LogP) is 5.04. The van der Waals surface area contributed by atoms with E-state index in [1.807, 2.05) is 32.0 Å². The highest BCUT2D eigenvalue weighted by Gasteiger charge is 2.27. The molecular weight excluding hydrogens is 423 g/mol. The highest BCUT2D eigenvalue weighted by Crippen LogP contribution is 2.20. The fourth-order valence-corrected chi connectivity index (χ4v) is 3.84. The summed E-state index contributed by atoms with van der Waals surface area (Å²) in [6, 6.07) is 12.9. The summed E-state index contributed by atoms with van der Waals surface area (Å²) in [4.78, 5) is 27.3. The van der Waals surface area contributed by atoms with Crippen molar-refractivity contribution in [1.82, 2.24) is 10.2 Å². The highest BCUT2D eigenvalue weighted by molar-refractivity contribution is 7.99. The van der Waals surface area contributed by atoms with Crippen LogP contribution in [0.3, 0.4) is 0 Å². The molecule has 4 nitrogen and oxygen atoms in total. The average Bonchev–Trinajstić information content (AvgIpc) is 2.73. The van der Waals surface area contributed by atoms with Crippen LogP contribution in [0.5, 0.6) is 0 Å². The van der Waals surface area contributed by atoms with Crippen LogP contribution in [0.4, 0.5) is 4.39 Å². The van der Waals surface area contributed by atoms with E-state index in [0.717, 1.165) is 17.5 Å². The summed E-state index contributed by atoms with van der Waals surface area (Å²) < 4.78 is 13.0. The van der Waals surface area contributed by atoms with Gasteiger partial charge >= 0.3 is 0 Å². The smallest absolute Gasteiger partial charge is 0.242 e. The molecule has 0 fully saturated rings. The van der Waals surface area contributed by atoms with Gasteiger partial charge in [0.15, 0.2) is 0 Å². The average molecular weight is 451 g/mol. The zero-order valence-electron chi connectivity index (χ0n) is 17.5. The number of carbonyl (C=O) groups is 2. The molecule has 2 atom stereocenters. The Hall–Kier alpha value is -2.05. The molecule has 30 heavy (non-hydrogen) atoms. The molecule has 0 heterocycles. The van der Waals surface area contributed by atoms with Crippen molar-refractivity contribution in [2.45, 2.75) is 51.6 Å². The number of nitrogens with one attached hydrogen (secondary N) is 1. The first kappa shape index (κ1) is 24.2. The Bertz CT molecular complexity index is 847.